The first kappa shape index (κ1) is 10.3. The fourth-order valence-corrected chi connectivity index (χ4v) is 0.930. The number of benzene rings is 1. The Morgan fingerprint density at radius 2 is 1.50 bits per heavy atom. The van der Waals surface area contributed by atoms with Crippen LogP contribution in [0.5, 0.6) is 0 Å². The Morgan fingerprint density at radius 1 is 1.10 bits per heavy atom. The molecule has 10 heavy (non-hydrogen) atoms. The standard InChI is InChI=1S/C7H5Cl2.Zn/c1-5-6(8)3-2-4-7(5)9;/h2-4H,1H2;/q-1;. The van der Waals surface area contributed by atoms with Crippen LogP contribution in [0.4, 0.5) is 0 Å². The van der Waals surface area contributed by atoms with E-state index >= 15 is 0 Å². The molecule has 0 aliphatic carbocycles. The summed E-state index contributed by atoms with van der Waals surface area (Å²) in [6.07, 6.45) is 0. The second-order valence-corrected chi connectivity index (χ2v) is 2.51. The smallest absolute Gasteiger partial charge is 0 e. The summed E-state index contributed by atoms with van der Waals surface area (Å²) in [7, 11) is 0. The molecule has 50 valence electrons. The van der Waals surface area contributed by atoms with Crippen molar-refractivity contribution in [3.8, 4) is 0 Å². The van der Waals surface area contributed by atoms with Gasteiger partial charge in [-0.25, -0.2) is 0 Å². The molecule has 0 unspecified atom stereocenters. The minimum atomic E-state index is 0. The van der Waals surface area contributed by atoms with E-state index in [1.54, 1.807) is 18.2 Å². The molecule has 0 radical (unpaired) electrons. The van der Waals surface area contributed by atoms with Crippen LogP contribution in [0.25, 0.3) is 0 Å². The Morgan fingerprint density at radius 3 is 1.80 bits per heavy atom. The van der Waals surface area contributed by atoms with Gasteiger partial charge in [0, 0.05) is 19.5 Å². The van der Waals surface area contributed by atoms with Crippen LogP contribution in [-0.4, -0.2) is 0 Å². The van der Waals surface area contributed by atoms with Crippen LogP contribution < -0.4 is 0 Å². The summed E-state index contributed by atoms with van der Waals surface area (Å²) in [6, 6.07) is 5.31. The predicted molar refractivity (Wildman–Crippen MR) is 40.9 cm³/mol. The third-order valence-corrected chi connectivity index (χ3v) is 1.77. The van der Waals surface area contributed by atoms with E-state index in [0.717, 1.165) is 0 Å². The van der Waals surface area contributed by atoms with Gasteiger partial charge in [0.25, 0.3) is 0 Å². The molecular formula is C7H5Cl2Zn-. The molecule has 1 rings (SSSR count). The van der Waals surface area contributed by atoms with Gasteiger partial charge in [-0.15, -0.1) is 12.1 Å². The van der Waals surface area contributed by atoms with E-state index < -0.39 is 0 Å². The second kappa shape index (κ2) is 4.23. The maximum Gasteiger partial charge on any atom is 0 e. The summed E-state index contributed by atoms with van der Waals surface area (Å²) in [5, 5.41) is 1.23. The third kappa shape index (κ3) is 2.16. The molecule has 3 heteroatoms. The summed E-state index contributed by atoms with van der Waals surface area (Å²) in [6.45, 7) is 3.66. The first-order valence-corrected chi connectivity index (χ1v) is 3.23. The van der Waals surface area contributed by atoms with E-state index in [9.17, 15) is 0 Å². The van der Waals surface area contributed by atoms with Gasteiger partial charge >= 0.3 is 0 Å². The first-order valence-electron chi connectivity index (χ1n) is 2.48. The Kier molecular flexibility index (Phi) is 4.35. The van der Waals surface area contributed by atoms with E-state index in [1.807, 2.05) is 0 Å². The zero-order valence-corrected chi connectivity index (χ0v) is 9.88. The normalized spacial score (nSPS) is 8.60. The molecule has 0 amide bonds. The summed E-state index contributed by atoms with van der Waals surface area (Å²) in [5.41, 5.74) is 0.695. The van der Waals surface area contributed by atoms with Crippen LogP contribution in [0.15, 0.2) is 18.2 Å². The average molecular weight is 225 g/mol. The maximum atomic E-state index is 5.67. The molecule has 0 aliphatic rings. The molecule has 0 saturated heterocycles. The van der Waals surface area contributed by atoms with Crippen molar-refractivity contribution in [1.29, 1.82) is 0 Å². The number of halogens is 2. The molecule has 1 aromatic carbocycles. The van der Waals surface area contributed by atoms with Gasteiger partial charge in [-0.2, -0.15) is 35.7 Å². The predicted octanol–water partition coefficient (Wildman–Crippen LogP) is 3.17. The molecule has 0 aliphatic heterocycles. The van der Waals surface area contributed by atoms with Gasteiger partial charge in [-0.05, 0) is 0 Å². The minimum absolute atomic E-state index is 0. The largest absolute Gasteiger partial charge is 0.196 e. The molecule has 0 atom stereocenters. The van der Waals surface area contributed by atoms with Crippen molar-refractivity contribution < 1.29 is 19.5 Å². The van der Waals surface area contributed by atoms with Gasteiger partial charge < -0.3 is 0 Å². The monoisotopic (exact) mass is 223 g/mol. The second-order valence-electron chi connectivity index (χ2n) is 1.70. The maximum absolute atomic E-state index is 5.67. The quantitative estimate of drug-likeness (QED) is 0.470. The van der Waals surface area contributed by atoms with Crippen molar-refractivity contribution in [2.45, 2.75) is 0 Å². The van der Waals surface area contributed by atoms with Gasteiger partial charge in [0.05, 0.1) is 0 Å². The molecule has 0 saturated carbocycles. The van der Waals surface area contributed by atoms with Gasteiger partial charge in [-0.3, -0.25) is 0 Å². The minimum Gasteiger partial charge on any atom is -0.196 e. The van der Waals surface area contributed by atoms with Crippen molar-refractivity contribution in [2.24, 2.45) is 0 Å². The van der Waals surface area contributed by atoms with Crippen LogP contribution in [0.1, 0.15) is 5.56 Å². The zero-order chi connectivity index (χ0) is 6.85. The van der Waals surface area contributed by atoms with E-state index in [2.05, 4.69) is 6.92 Å². The number of hydrogen-bond donors (Lipinski definition) is 0. The van der Waals surface area contributed by atoms with E-state index in [-0.39, 0.29) is 19.5 Å². The molecule has 0 bridgehead atoms. The summed E-state index contributed by atoms with van der Waals surface area (Å²) in [4.78, 5) is 0. The average Bonchev–Trinajstić information content (AvgIpc) is 1.83. The fraction of sp³-hybridized carbons (Fsp3) is 0. The van der Waals surface area contributed by atoms with Gasteiger partial charge in [-0.1, -0.05) is 16.1 Å². The summed E-state index contributed by atoms with van der Waals surface area (Å²) < 4.78 is 0. The van der Waals surface area contributed by atoms with Crippen molar-refractivity contribution >= 4 is 23.2 Å². The fourth-order valence-electron chi connectivity index (χ4n) is 0.532. The van der Waals surface area contributed by atoms with Crippen LogP contribution in [0.2, 0.25) is 10.0 Å². The molecule has 0 fully saturated rings. The summed E-state index contributed by atoms with van der Waals surface area (Å²) in [5.74, 6) is 0. The van der Waals surface area contributed by atoms with Gasteiger partial charge in [0.15, 0.2) is 0 Å². The van der Waals surface area contributed by atoms with Crippen LogP contribution in [0.3, 0.4) is 0 Å². The Labute approximate surface area is 83.3 Å². The molecule has 1 aromatic rings. The van der Waals surface area contributed by atoms with Crippen molar-refractivity contribution in [3.05, 3.63) is 40.7 Å². The molecule has 0 aromatic heterocycles. The van der Waals surface area contributed by atoms with Crippen molar-refractivity contribution in [1.82, 2.24) is 0 Å². The topological polar surface area (TPSA) is 0 Å². The number of rotatable bonds is 0. The Bertz CT molecular complexity index is 203. The van der Waals surface area contributed by atoms with Gasteiger partial charge in [0.2, 0.25) is 0 Å². The van der Waals surface area contributed by atoms with Crippen molar-refractivity contribution in [2.75, 3.05) is 0 Å². The Balaban J connectivity index is 0.000000810. The van der Waals surface area contributed by atoms with Crippen LogP contribution in [0, 0.1) is 6.92 Å². The molecule has 0 heterocycles. The zero-order valence-electron chi connectivity index (χ0n) is 5.40. The van der Waals surface area contributed by atoms with Gasteiger partial charge in [0.1, 0.15) is 0 Å². The SMILES string of the molecule is [CH2-]c1c(Cl)cccc1Cl.[Zn]. The van der Waals surface area contributed by atoms with Crippen LogP contribution in [-0.2, 0) is 19.5 Å². The summed E-state index contributed by atoms with van der Waals surface area (Å²) >= 11 is 11.3. The van der Waals surface area contributed by atoms with E-state index in [0.29, 0.717) is 15.6 Å². The van der Waals surface area contributed by atoms with Crippen molar-refractivity contribution in [3.63, 3.8) is 0 Å². The van der Waals surface area contributed by atoms with Crippen LogP contribution >= 0.6 is 23.2 Å². The van der Waals surface area contributed by atoms with E-state index in [4.69, 9.17) is 23.2 Å². The first-order chi connectivity index (χ1) is 4.22. The Hall–Kier alpha value is 0.293. The number of hydrogen-bond acceptors (Lipinski definition) is 0. The molecular weight excluding hydrogens is 220 g/mol. The van der Waals surface area contributed by atoms with E-state index in [1.165, 1.54) is 0 Å². The molecule has 0 nitrogen and oxygen atoms in total. The molecule has 0 spiro atoms. The third-order valence-electron chi connectivity index (χ3n) is 1.06. The molecule has 0 N–H and O–H groups in total.